The minimum atomic E-state index is -0.581. The molecule has 0 heterocycles. The fourth-order valence-electron chi connectivity index (χ4n) is 13.2. The van der Waals surface area contributed by atoms with Gasteiger partial charge in [-0.05, 0) is 135 Å². The van der Waals surface area contributed by atoms with Gasteiger partial charge in [0.2, 0.25) is 0 Å². The summed E-state index contributed by atoms with van der Waals surface area (Å²) in [4.78, 5) is 2.58. The maximum Gasteiger partial charge on any atom is 0.0714 e. The molecule has 0 atom stereocenters. The van der Waals surface area contributed by atoms with Gasteiger partial charge in [0.1, 0.15) is 0 Å². The summed E-state index contributed by atoms with van der Waals surface area (Å²) in [6.07, 6.45) is 0. The molecule has 0 aliphatic heterocycles. The molecule has 0 aromatic heterocycles. The fraction of sp³-hybridized carbons (Fsp3) is 0.158. The molecular weight excluding hydrogens is 927 g/mol. The van der Waals surface area contributed by atoms with Gasteiger partial charge >= 0.3 is 0 Å². The molecule has 2 aliphatic carbocycles. The molecule has 13 rings (SSSR count). The first-order chi connectivity index (χ1) is 37.2. The molecule has 77 heavy (non-hydrogen) atoms. The quantitative estimate of drug-likeness (QED) is 0.147. The van der Waals surface area contributed by atoms with E-state index in [1.807, 2.05) is 0 Å². The molecule has 0 amide bonds. The van der Waals surface area contributed by atoms with E-state index in [9.17, 15) is 0 Å². The smallest absolute Gasteiger partial charge is 0.0714 e. The van der Waals surface area contributed by atoms with E-state index in [-0.39, 0.29) is 16.2 Å². The van der Waals surface area contributed by atoms with E-state index in [1.54, 1.807) is 0 Å². The molecule has 0 N–H and O–H groups in total. The Bertz CT molecular complexity index is 4010. The van der Waals surface area contributed by atoms with Crippen LogP contribution in [0.1, 0.15) is 99.9 Å². The third-order valence-electron chi connectivity index (χ3n) is 17.1. The monoisotopic (exact) mass is 992 g/mol. The largest absolute Gasteiger partial charge is 0.309 e. The molecule has 0 saturated carbocycles. The van der Waals surface area contributed by atoms with E-state index in [1.165, 1.54) is 105 Å². The van der Waals surface area contributed by atoms with Crippen molar-refractivity contribution in [1.82, 2.24) is 0 Å². The number of benzene rings is 11. The molecule has 1 heteroatoms. The molecule has 0 saturated heterocycles. The maximum absolute atomic E-state index is 2.58. The minimum absolute atomic E-state index is 0.0313. The lowest BCUT2D eigenvalue weighted by molar-refractivity contribution is 0.569. The van der Waals surface area contributed by atoms with E-state index in [0.717, 1.165) is 22.6 Å². The van der Waals surface area contributed by atoms with Crippen LogP contribution in [0, 0.1) is 0 Å². The molecule has 0 radical (unpaired) electrons. The van der Waals surface area contributed by atoms with Gasteiger partial charge in [-0.1, -0.05) is 280 Å². The second-order valence-electron chi connectivity index (χ2n) is 24.0. The third kappa shape index (κ3) is 7.65. The Balaban J connectivity index is 1.11. The van der Waals surface area contributed by atoms with Crippen molar-refractivity contribution in [2.75, 3.05) is 4.90 Å². The van der Waals surface area contributed by atoms with E-state index in [2.05, 4.69) is 309 Å². The maximum atomic E-state index is 2.58. The normalized spacial score (nSPS) is 13.9. The molecule has 11 aromatic carbocycles. The van der Waals surface area contributed by atoms with Crippen molar-refractivity contribution >= 4 is 27.8 Å². The molecule has 374 valence electrons. The summed E-state index contributed by atoms with van der Waals surface area (Å²) in [5.74, 6) is 0. The van der Waals surface area contributed by atoms with E-state index in [0.29, 0.717) is 0 Å². The van der Waals surface area contributed by atoms with Crippen LogP contribution < -0.4 is 4.90 Å². The molecular formula is C76H65N. The summed E-state index contributed by atoms with van der Waals surface area (Å²) in [6, 6.07) is 94.1. The number of hydrogen-bond donors (Lipinski definition) is 0. The van der Waals surface area contributed by atoms with Crippen LogP contribution in [0.15, 0.2) is 249 Å². The number of nitrogens with zero attached hydrogens (tertiary/aromatic N) is 1. The van der Waals surface area contributed by atoms with Crippen molar-refractivity contribution < 1.29 is 0 Å². The first-order valence-corrected chi connectivity index (χ1v) is 27.5. The second-order valence-corrected chi connectivity index (χ2v) is 24.0. The van der Waals surface area contributed by atoms with Crippen molar-refractivity contribution in [2.45, 2.75) is 77.0 Å². The Hall–Kier alpha value is -8.52. The van der Waals surface area contributed by atoms with E-state index >= 15 is 0 Å². The summed E-state index contributed by atoms with van der Waals surface area (Å²) in [5.41, 5.74) is 25.4. The Morgan fingerprint density at radius 2 is 0.779 bits per heavy atom. The van der Waals surface area contributed by atoms with Crippen molar-refractivity contribution in [3.8, 4) is 55.6 Å². The predicted octanol–water partition coefficient (Wildman–Crippen LogP) is 20.6. The molecule has 0 spiro atoms. The Morgan fingerprint density at radius 3 is 1.39 bits per heavy atom. The highest BCUT2D eigenvalue weighted by atomic mass is 15.1. The van der Waals surface area contributed by atoms with Crippen LogP contribution in [0.2, 0.25) is 0 Å². The van der Waals surface area contributed by atoms with Crippen LogP contribution in [-0.2, 0) is 21.7 Å². The molecule has 1 nitrogen and oxygen atoms in total. The Labute approximate surface area is 456 Å². The SMILES string of the molecule is CC(C)(C)c1cc(-c2cccc3cccc(-c4ccccc4N(c4ccc5c(c4)C(c4ccccc4)(c4ccccc4)c4ccccc4-5)c4ccccc4-c4cccc5c4-c4ccccc4C5(C)C)c23)cc(C(C)(C)C)c1. The fourth-order valence-corrected chi connectivity index (χ4v) is 13.2. The lowest BCUT2D eigenvalue weighted by Gasteiger charge is -2.35. The van der Waals surface area contributed by atoms with Crippen LogP contribution in [0.25, 0.3) is 66.4 Å². The number of hydrogen-bond acceptors (Lipinski definition) is 1. The summed E-state index contributed by atoms with van der Waals surface area (Å²) in [5, 5.41) is 2.46. The average Bonchev–Trinajstić information content (AvgIpc) is 4.15. The third-order valence-corrected chi connectivity index (χ3v) is 17.1. The lowest BCUT2D eigenvalue weighted by atomic mass is 9.67. The standard InChI is InChI=1S/C76H65N/c1-73(2,3)54-46-51(47-55(48-54)74(4,5)6)57-36-23-26-50-27-24-37-62(71(50)57)60-33-17-21-42-69(60)77(70-43-22-18-34-61(70)63-38-25-41-67-72(63)64-35-16-19-39-65(64)75(67,7)8)56-44-45-59-58-32-15-20-40-66(58)76(68(59)49-56,52-28-11-9-12-29-52)53-30-13-10-14-31-53/h9-49H,1-8H3. The van der Waals surface area contributed by atoms with Gasteiger partial charge in [0.25, 0.3) is 0 Å². The minimum Gasteiger partial charge on any atom is -0.309 e. The topological polar surface area (TPSA) is 3.24 Å². The van der Waals surface area contributed by atoms with Gasteiger partial charge in [-0.3, -0.25) is 0 Å². The molecule has 0 fully saturated rings. The van der Waals surface area contributed by atoms with Crippen molar-refractivity contribution in [1.29, 1.82) is 0 Å². The van der Waals surface area contributed by atoms with Crippen molar-refractivity contribution in [2.24, 2.45) is 0 Å². The number of fused-ring (bicyclic) bond motifs is 7. The van der Waals surface area contributed by atoms with Gasteiger partial charge in [-0.25, -0.2) is 0 Å². The predicted molar refractivity (Wildman–Crippen MR) is 327 cm³/mol. The van der Waals surface area contributed by atoms with Crippen LogP contribution in [0.4, 0.5) is 17.1 Å². The Morgan fingerprint density at radius 1 is 0.325 bits per heavy atom. The zero-order valence-corrected chi connectivity index (χ0v) is 45.6. The van der Waals surface area contributed by atoms with E-state index < -0.39 is 5.41 Å². The second kappa shape index (κ2) is 18.1. The van der Waals surface area contributed by atoms with Crippen LogP contribution >= 0.6 is 0 Å². The summed E-state index contributed by atoms with van der Waals surface area (Å²) in [6.45, 7) is 18.8. The zero-order chi connectivity index (χ0) is 52.8. The molecule has 11 aromatic rings. The lowest BCUT2D eigenvalue weighted by Crippen LogP contribution is -2.28. The van der Waals surface area contributed by atoms with Crippen molar-refractivity contribution in [3.63, 3.8) is 0 Å². The Kier molecular flexibility index (Phi) is 11.3. The molecule has 2 aliphatic rings. The van der Waals surface area contributed by atoms with Gasteiger partial charge < -0.3 is 4.90 Å². The van der Waals surface area contributed by atoms with Crippen LogP contribution in [0.5, 0.6) is 0 Å². The highest BCUT2D eigenvalue weighted by Crippen LogP contribution is 2.59. The first kappa shape index (κ1) is 48.1. The average molecular weight is 992 g/mol. The number of anilines is 3. The van der Waals surface area contributed by atoms with Gasteiger partial charge in [-0.2, -0.15) is 0 Å². The van der Waals surface area contributed by atoms with Gasteiger partial charge in [0.15, 0.2) is 0 Å². The summed E-state index contributed by atoms with van der Waals surface area (Å²) >= 11 is 0. The number of rotatable bonds is 8. The zero-order valence-electron chi connectivity index (χ0n) is 45.6. The summed E-state index contributed by atoms with van der Waals surface area (Å²) < 4.78 is 0. The highest BCUT2D eigenvalue weighted by molar-refractivity contribution is 6.10. The first-order valence-electron chi connectivity index (χ1n) is 27.5. The highest BCUT2D eigenvalue weighted by Gasteiger charge is 2.46. The van der Waals surface area contributed by atoms with Crippen LogP contribution in [0.3, 0.4) is 0 Å². The van der Waals surface area contributed by atoms with E-state index in [4.69, 9.17) is 0 Å². The van der Waals surface area contributed by atoms with Crippen LogP contribution in [-0.4, -0.2) is 0 Å². The van der Waals surface area contributed by atoms with Gasteiger partial charge in [-0.15, -0.1) is 0 Å². The van der Waals surface area contributed by atoms with Crippen molar-refractivity contribution in [3.05, 3.63) is 293 Å². The summed E-state index contributed by atoms with van der Waals surface area (Å²) in [7, 11) is 0. The van der Waals surface area contributed by atoms with Gasteiger partial charge in [0, 0.05) is 22.2 Å². The molecule has 0 unspecified atom stereocenters. The van der Waals surface area contributed by atoms with Gasteiger partial charge in [0.05, 0.1) is 16.8 Å². The number of para-hydroxylation sites is 2. The molecule has 0 bridgehead atoms.